The molecule has 0 N–H and O–H groups in total. The van der Waals surface area contributed by atoms with Gasteiger partial charge in [0, 0.05) is 10.7 Å². The van der Waals surface area contributed by atoms with Crippen LogP contribution in [0.3, 0.4) is 0 Å². The molecule has 3 aromatic rings. The maximum absolute atomic E-state index is 13.6. The first kappa shape index (κ1) is 19.5. The van der Waals surface area contributed by atoms with E-state index in [2.05, 4.69) is 0 Å². The third-order valence-corrected chi connectivity index (χ3v) is 6.04. The number of nitrogens with zero attached hydrogens (tertiary/aromatic N) is 2. The molecule has 0 spiro atoms. The minimum atomic E-state index is -1.02. The fraction of sp³-hybridized carbons (Fsp3) is 0.125. The zero-order chi connectivity index (χ0) is 21.9. The fourth-order valence-corrected chi connectivity index (χ4v) is 4.56. The average Bonchev–Trinajstić information content (AvgIpc) is 3.00. The Morgan fingerprint density at radius 2 is 1.42 bits per heavy atom. The molecule has 2 aliphatic heterocycles. The number of hydrogen-bond acceptors (Lipinski definition) is 3. The maximum atomic E-state index is 13.6. The van der Waals surface area contributed by atoms with Crippen LogP contribution >= 0.6 is 11.6 Å². The molecule has 3 aromatic carbocycles. The highest BCUT2D eigenvalue weighted by molar-refractivity contribution is 6.30. The summed E-state index contributed by atoms with van der Waals surface area (Å²) in [6, 6.07) is 15.7. The van der Waals surface area contributed by atoms with Gasteiger partial charge in [-0.15, -0.1) is 0 Å². The molecule has 0 aliphatic carbocycles. The van der Waals surface area contributed by atoms with Gasteiger partial charge in [-0.05, 0) is 60.5 Å². The lowest BCUT2D eigenvalue weighted by molar-refractivity contribution is -0.130. The molecule has 0 radical (unpaired) electrons. The molecule has 0 saturated carbocycles. The van der Waals surface area contributed by atoms with E-state index in [-0.39, 0.29) is 17.0 Å². The van der Waals surface area contributed by atoms with Gasteiger partial charge >= 0.3 is 0 Å². The monoisotopic (exact) mass is 434 g/mol. The Hall–Kier alpha value is -3.51. The van der Waals surface area contributed by atoms with Crippen LogP contribution in [0.5, 0.6) is 0 Å². The van der Waals surface area contributed by atoms with Crippen LogP contribution in [0.25, 0.3) is 0 Å². The largest absolute Gasteiger partial charge is 0.300 e. The Morgan fingerprint density at radius 1 is 0.806 bits per heavy atom. The highest BCUT2D eigenvalue weighted by Gasteiger charge is 2.57. The minimum absolute atomic E-state index is 0.277. The van der Waals surface area contributed by atoms with E-state index in [0.29, 0.717) is 16.3 Å². The SMILES string of the molecule is Cc1cc(Cl)ccc1N1C(=O)C(N2C(=O)c3ccccc3C2=O)C1c1ccc(F)cc1. The van der Waals surface area contributed by atoms with Crippen molar-refractivity contribution >= 4 is 35.0 Å². The molecule has 1 saturated heterocycles. The highest BCUT2D eigenvalue weighted by atomic mass is 35.5. The van der Waals surface area contributed by atoms with Crippen LogP contribution in [0, 0.1) is 12.7 Å². The second kappa shape index (κ2) is 7.03. The van der Waals surface area contributed by atoms with Crippen molar-refractivity contribution in [2.24, 2.45) is 0 Å². The summed E-state index contributed by atoms with van der Waals surface area (Å²) < 4.78 is 13.6. The molecule has 1 fully saturated rings. The second-order valence-electron chi connectivity index (χ2n) is 7.61. The Labute approximate surface area is 182 Å². The summed E-state index contributed by atoms with van der Waals surface area (Å²) in [7, 11) is 0. The van der Waals surface area contributed by atoms with Crippen molar-refractivity contribution < 1.29 is 18.8 Å². The normalized spacial score (nSPS) is 20.2. The van der Waals surface area contributed by atoms with E-state index in [1.165, 1.54) is 17.0 Å². The van der Waals surface area contributed by atoms with E-state index in [1.54, 1.807) is 54.6 Å². The van der Waals surface area contributed by atoms with Gasteiger partial charge < -0.3 is 4.90 Å². The Morgan fingerprint density at radius 3 is 2.00 bits per heavy atom. The first-order valence-electron chi connectivity index (χ1n) is 9.70. The zero-order valence-corrected chi connectivity index (χ0v) is 17.1. The van der Waals surface area contributed by atoms with Gasteiger partial charge in [-0.2, -0.15) is 0 Å². The van der Waals surface area contributed by atoms with Crippen molar-refractivity contribution in [3.63, 3.8) is 0 Å². The van der Waals surface area contributed by atoms with Gasteiger partial charge in [0.2, 0.25) is 0 Å². The summed E-state index contributed by atoms with van der Waals surface area (Å²) in [6.45, 7) is 1.82. The molecule has 2 unspecified atom stereocenters. The number of carbonyl (C=O) groups is 3. The van der Waals surface area contributed by atoms with Crippen molar-refractivity contribution in [3.05, 3.63) is 99.8 Å². The van der Waals surface area contributed by atoms with Crippen LogP contribution in [0.2, 0.25) is 5.02 Å². The van der Waals surface area contributed by atoms with E-state index in [9.17, 15) is 18.8 Å². The predicted molar refractivity (Wildman–Crippen MR) is 114 cm³/mol. The van der Waals surface area contributed by atoms with Crippen molar-refractivity contribution in [3.8, 4) is 0 Å². The number of halogens is 2. The molecular weight excluding hydrogens is 419 g/mol. The van der Waals surface area contributed by atoms with Crippen LogP contribution < -0.4 is 4.90 Å². The zero-order valence-electron chi connectivity index (χ0n) is 16.4. The van der Waals surface area contributed by atoms with Gasteiger partial charge in [-0.25, -0.2) is 4.39 Å². The first-order valence-corrected chi connectivity index (χ1v) is 10.1. The summed E-state index contributed by atoms with van der Waals surface area (Å²) in [5.41, 5.74) is 2.57. The van der Waals surface area contributed by atoms with Crippen LogP contribution in [0.4, 0.5) is 10.1 Å². The lowest BCUT2D eigenvalue weighted by atomic mass is 9.85. The molecule has 0 bridgehead atoms. The summed E-state index contributed by atoms with van der Waals surface area (Å²) in [6.07, 6.45) is 0. The number of carbonyl (C=O) groups excluding carboxylic acids is 3. The van der Waals surface area contributed by atoms with Gasteiger partial charge in [-0.1, -0.05) is 35.9 Å². The third kappa shape index (κ3) is 2.86. The number of fused-ring (bicyclic) bond motifs is 1. The maximum Gasteiger partial charge on any atom is 0.262 e. The standard InChI is InChI=1S/C24H16ClFN2O3/c1-13-12-15(25)8-11-19(13)27-20(14-6-9-16(26)10-7-14)21(24(27)31)28-22(29)17-4-2-3-5-18(17)23(28)30/h2-12,20-21H,1H3. The molecule has 5 rings (SSSR count). The fourth-order valence-electron chi connectivity index (χ4n) is 4.33. The Balaban J connectivity index is 1.61. The van der Waals surface area contributed by atoms with Gasteiger partial charge in [0.15, 0.2) is 0 Å². The number of β-lactam (4-membered cyclic amide) rings is 1. The van der Waals surface area contributed by atoms with Crippen LogP contribution in [0.1, 0.15) is 37.9 Å². The second-order valence-corrected chi connectivity index (χ2v) is 8.04. The first-order chi connectivity index (χ1) is 14.9. The van der Waals surface area contributed by atoms with Crippen molar-refractivity contribution in [2.75, 3.05) is 4.90 Å². The number of hydrogen-bond donors (Lipinski definition) is 0. The molecule has 5 nitrogen and oxygen atoms in total. The molecule has 154 valence electrons. The topological polar surface area (TPSA) is 57.7 Å². The lowest BCUT2D eigenvalue weighted by Crippen LogP contribution is -2.67. The Bertz CT molecular complexity index is 1220. The van der Waals surface area contributed by atoms with E-state index in [0.717, 1.165) is 10.5 Å². The summed E-state index contributed by atoms with van der Waals surface area (Å²) >= 11 is 6.07. The van der Waals surface area contributed by atoms with E-state index in [4.69, 9.17) is 11.6 Å². The van der Waals surface area contributed by atoms with Crippen LogP contribution in [-0.4, -0.2) is 28.7 Å². The van der Waals surface area contributed by atoms with Gasteiger partial charge in [0.25, 0.3) is 17.7 Å². The number of imide groups is 1. The molecule has 3 amide bonds. The van der Waals surface area contributed by atoms with E-state index in [1.807, 2.05) is 6.92 Å². The van der Waals surface area contributed by atoms with Crippen molar-refractivity contribution in [1.29, 1.82) is 0 Å². The molecule has 31 heavy (non-hydrogen) atoms. The summed E-state index contributed by atoms with van der Waals surface area (Å²) in [5.74, 6) is -1.80. The summed E-state index contributed by atoms with van der Waals surface area (Å²) in [4.78, 5) is 42.0. The number of rotatable bonds is 3. The quantitative estimate of drug-likeness (QED) is 0.449. The van der Waals surface area contributed by atoms with E-state index >= 15 is 0 Å². The molecule has 0 aromatic heterocycles. The number of amides is 3. The highest BCUT2D eigenvalue weighted by Crippen LogP contribution is 2.45. The average molecular weight is 435 g/mol. The third-order valence-electron chi connectivity index (χ3n) is 5.80. The molecule has 2 atom stereocenters. The van der Waals surface area contributed by atoms with E-state index < -0.39 is 29.7 Å². The smallest absolute Gasteiger partial charge is 0.262 e. The Kier molecular flexibility index (Phi) is 4.41. The molecule has 7 heteroatoms. The van der Waals surface area contributed by atoms with Gasteiger partial charge in [0.05, 0.1) is 17.2 Å². The molecular formula is C24H16ClFN2O3. The van der Waals surface area contributed by atoms with Crippen LogP contribution in [-0.2, 0) is 4.79 Å². The number of benzene rings is 3. The predicted octanol–water partition coefficient (Wildman–Crippen LogP) is 4.54. The van der Waals surface area contributed by atoms with Gasteiger partial charge in [-0.3, -0.25) is 19.3 Å². The van der Waals surface area contributed by atoms with Crippen molar-refractivity contribution in [2.45, 2.75) is 19.0 Å². The molecule has 2 aliphatic rings. The molecule has 2 heterocycles. The summed E-state index contributed by atoms with van der Waals surface area (Å²) in [5, 5.41) is 0.532. The van der Waals surface area contributed by atoms with Crippen molar-refractivity contribution in [1.82, 2.24) is 4.90 Å². The van der Waals surface area contributed by atoms with Crippen LogP contribution in [0.15, 0.2) is 66.7 Å². The lowest BCUT2D eigenvalue weighted by Gasteiger charge is -2.50. The van der Waals surface area contributed by atoms with Gasteiger partial charge in [0.1, 0.15) is 11.9 Å². The number of aryl methyl sites for hydroxylation is 1. The minimum Gasteiger partial charge on any atom is -0.300 e. The number of anilines is 1.